The van der Waals surface area contributed by atoms with E-state index in [9.17, 15) is 0 Å². The Balaban J connectivity index is 1.88. The summed E-state index contributed by atoms with van der Waals surface area (Å²) >= 11 is 0. The molecule has 19 heavy (non-hydrogen) atoms. The Hall–Kier alpha value is -2.02. The standard InChI is InChI=1S/C12H15N5O2/c1-7-8(3-4-13-7)12-16-11(17-19-12)9-5-10(18-2)15-6-14-9/h5-8,13H,3-4H2,1-2H3. The van der Waals surface area contributed by atoms with Gasteiger partial charge in [-0.1, -0.05) is 5.16 Å². The number of nitrogens with one attached hydrogen (secondary N) is 1. The Bertz CT molecular complexity index is 571. The smallest absolute Gasteiger partial charge is 0.231 e. The average molecular weight is 261 g/mol. The Labute approximate surface area is 110 Å². The molecule has 0 spiro atoms. The van der Waals surface area contributed by atoms with Crippen LogP contribution in [0.5, 0.6) is 5.88 Å². The second-order valence-electron chi connectivity index (χ2n) is 4.54. The molecule has 3 rings (SSSR count). The van der Waals surface area contributed by atoms with Gasteiger partial charge in [-0.05, 0) is 19.9 Å². The van der Waals surface area contributed by atoms with Crippen molar-refractivity contribution in [3.63, 3.8) is 0 Å². The van der Waals surface area contributed by atoms with Crippen molar-refractivity contribution < 1.29 is 9.26 Å². The molecule has 1 N–H and O–H groups in total. The monoisotopic (exact) mass is 261 g/mol. The van der Waals surface area contributed by atoms with Crippen LogP contribution in [0, 0.1) is 0 Å². The summed E-state index contributed by atoms with van der Waals surface area (Å²) < 4.78 is 10.4. The Morgan fingerprint density at radius 2 is 2.32 bits per heavy atom. The van der Waals surface area contributed by atoms with Crippen molar-refractivity contribution in [1.29, 1.82) is 0 Å². The molecule has 100 valence electrons. The van der Waals surface area contributed by atoms with Crippen molar-refractivity contribution in [2.75, 3.05) is 13.7 Å². The predicted molar refractivity (Wildman–Crippen MR) is 66.7 cm³/mol. The zero-order valence-electron chi connectivity index (χ0n) is 10.8. The van der Waals surface area contributed by atoms with E-state index in [1.54, 1.807) is 13.2 Å². The Morgan fingerprint density at radius 1 is 1.42 bits per heavy atom. The summed E-state index contributed by atoms with van der Waals surface area (Å²) in [5.74, 6) is 1.87. The van der Waals surface area contributed by atoms with Crippen molar-refractivity contribution >= 4 is 0 Å². The first kappa shape index (κ1) is 12.0. The lowest BCUT2D eigenvalue weighted by Gasteiger charge is -2.08. The van der Waals surface area contributed by atoms with Crippen molar-refractivity contribution in [1.82, 2.24) is 25.4 Å². The van der Waals surface area contributed by atoms with Crippen LogP contribution in [0.25, 0.3) is 11.5 Å². The fourth-order valence-corrected chi connectivity index (χ4v) is 2.26. The first-order chi connectivity index (χ1) is 9.28. The van der Waals surface area contributed by atoms with Gasteiger partial charge in [-0.2, -0.15) is 4.98 Å². The molecule has 0 amide bonds. The van der Waals surface area contributed by atoms with E-state index in [2.05, 4.69) is 32.3 Å². The number of ether oxygens (including phenoxy) is 1. The van der Waals surface area contributed by atoms with Gasteiger partial charge in [-0.3, -0.25) is 0 Å². The van der Waals surface area contributed by atoms with E-state index >= 15 is 0 Å². The van der Waals surface area contributed by atoms with Crippen LogP contribution in [0.3, 0.4) is 0 Å². The van der Waals surface area contributed by atoms with Crippen LogP contribution < -0.4 is 10.1 Å². The highest BCUT2D eigenvalue weighted by Gasteiger charge is 2.29. The Morgan fingerprint density at radius 3 is 3.05 bits per heavy atom. The van der Waals surface area contributed by atoms with Crippen LogP contribution in [-0.2, 0) is 0 Å². The SMILES string of the molecule is COc1cc(-c2noc(C3CCNC3C)n2)ncn1. The predicted octanol–water partition coefficient (Wildman–Crippen LogP) is 1.00. The fraction of sp³-hybridized carbons (Fsp3) is 0.500. The molecule has 0 aromatic carbocycles. The minimum Gasteiger partial charge on any atom is -0.481 e. The number of methoxy groups -OCH3 is 1. The van der Waals surface area contributed by atoms with Crippen LogP contribution in [0.2, 0.25) is 0 Å². The van der Waals surface area contributed by atoms with E-state index in [0.717, 1.165) is 13.0 Å². The van der Waals surface area contributed by atoms with E-state index in [4.69, 9.17) is 9.26 Å². The maximum absolute atomic E-state index is 5.34. The fourth-order valence-electron chi connectivity index (χ4n) is 2.26. The molecular weight excluding hydrogens is 246 g/mol. The highest BCUT2D eigenvalue weighted by atomic mass is 16.5. The first-order valence-corrected chi connectivity index (χ1v) is 6.21. The zero-order chi connectivity index (χ0) is 13.2. The molecular formula is C12H15N5O2. The highest BCUT2D eigenvalue weighted by Crippen LogP contribution is 2.27. The normalized spacial score (nSPS) is 22.6. The summed E-state index contributed by atoms with van der Waals surface area (Å²) in [6, 6.07) is 2.04. The van der Waals surface area contributed by atoms with Crippen molar-refractivity contribution in [2.45, 2.75) is 25.3 Å². The van der Waals surface area contributed by atoms with Gasteiger partial charge in [-0.15, -0.1) is 0 Å². The van der Waals surface area contributed by atoms with Crippen molar-refractivity contribution in [2.24, 2.45) is 0 Å². The molecule has 1 fully saturated rings. The lowest BCUT2D eigenvalue weighted by molar-refractivity contribution is 0.345. The van der Waals surface area contributed by atoms with Gasteiger partial charge in [-0.25, -0.2) is 9.97 Å². The molecule has 7 nitrogen and oxygen atoms in total. The minimum absolute atomic E-state index is 0.269. The van der Waals surface area contributed by atoms with E-state index in [1.165, 1.54) is 6.33 Å². The maximum atomic E-state index is 5.34. The van der Waals surface area contributed by atoms with Crippen LogP contribution in [0.4, 0.5) is 0 Å². The molecule has 0 bridgehead atoms. The molecule has 7 heteroatoms. The van der Waals surface area contributed by atoms with Gasteiger partial charge in [0.25, 0.3) is 0 Å². The third kappa shape index (κ3) is 2.28. The zero-order valence-corrected chi connectivity index (χ0v) is 10.8. The summed E-state index contributed by atoms with van der Waals surface area (Å²) in [5, 5.41) is 7.34. The van der Waals surface area contributed by atoms with Gasteiger partial charge in [0.05, 0.1) is 13.0 Å². The highest BCUT2D eigenvalue weighted by molar-refractivity contribution is 5.49. The van der Waals surface area contributed by atoms with E-state index < -0.39 is 0 Å². The molecule has 2 atom stereocenters. The summed E-state index contributed by atoms with van der Waals surface area (Å²) in [6.45, 7) is 3.10. The molecule has 1 aliphatic heterocycles. The summed E-state index contributed by atoms with van der Waals surface area (Å²) in [4.78, 5) is 12.5. The molecule has 2 unspecified atom stereocenters. The number of nitrogens with zero attached hydrogens (tertiary/aromatic N) is 4. The van der Waals surface area contributed by atoms with Gasteiger partial charge >= 0.3 is 0 Å². The third-order valence-corrected chi connectivity index (χ3v) is 3.36. The van der Waals surface area contributed by atoms with Crippen LogP contribution in [0.15, 0.2) is 16.9 Å². The quantitative estimate of drug-likeness (QED) is 0.882. The topological polar surface area (TPSA) is 86.0 Å². The van der Waals surface area contributed by atoms with Gasteiger partial charge in [0, 0.05) is 12.1 Å². The van der Waals surface area contributed by atoms with Crippen LogP contribution in [-0.4, -0.2) is 39.8 Å². The molecule has 2 aromatic rings. The second-order valence-corrected chi connectivity index (χ2v) is 4.54. The Kier molecular flexibility index (Phi) is 3.12. The lowest BCUT2D eigenvalue weighted by Crippen LogP contribution is -2.21. The van der Waals surface area contributed by atoms with E-state index in [0.29, 0.717) is 29.3 Å². The average Bonchev–Trinajstić information content (AvgIpc) is 3.07. The van der Waals surface area contributed by atoms with Crippen molar-refractivity contribution in [3.8, 4) is 17.4 Å². The van der Waals surface area contributed by atoms with Gasteiger partial charge in [0.1, 0.15) is 12.0 Å². The molecule has 0 radical (unpaired) electrons. The van der Waals surface area contributed by atoms with Crippen LogP contribution >= 0.6 is 0 Å². The first-order valence-electron chi connectivity index (χ1n) is 6.21. The van der Waals surface area contributed by atoms with Crippen LogP contribution in [0.1, 0.15) is 25.2 Å². The minimum atomic E-state index is 0.269. The molecule has 1 saturated heterocycles. The number of hydrogen-bond acceptors (Lipinski definition) is 7. The third-order valence-electron chi connectivity index (χ3n) is 3.36. The maximum Gasteiger partial charge on any atom is 0.231 e. The van der Waals surface area contributed by atoms with Gasteiger partial charge in [0.2, 0.25) is 17.6 Å². The van der Waals surface area contributed by atoms with E-state index in [-0.39, 0.29) is 5.92 Å². The molecule has 1 aliphatic rings. The number of rotatable bonds is 3. The summed E-state index contributed by atoms with van der Waals surface area (Å²) in [7, 11) is 1.56. The molecule has 3 heterocycles. The molecule has 0 saturated carbocycles. The van der Waals surface area contributed by atoms with Gasteiger partial charge < -0.3 is 14.6 Å². The summed E-state index contributed by atoms with van der Waals surface area (Å²) in [5.41, 5.74) is 0.598. The van der Waals surface area contributed by atoms with E-state index in [1.807, 2.05) is 0 Å². The van der Waals surface area contributed by atoms with Gasteiger partial charge in [0.15, 0.2) is 0 Å². The number of hydrogen-bond donors (Lipinski definition) is 1. The largest absolute Gasteiger partial charge is 0.481 e. The summed E-state index contributed by atoms with van der Waals surface area (Å²) in [6.07, 6.45) is 2.43. The molecule has 2 aromatic heterocycles. The van der Waals surface area contributed by atoms with Crippen molar-refractivity contribution in [3.05, 3.63) is 18.3 Å². The number of aromatic nitrogens is 4. The molecule has 0 aliphatic carbocycles. The lowest BCUT2D eigenvalue weighted by atomic mass is 10.0. The second kappa shape index (κ2) is 4.93.